The third kappa shape index (κ3) is 3.71. The van der Waals surface area contributed by atoms with Crippen LogP contribution < -0.4 is 5.63 Å². The van der Waals surface area contributed by atoms with Crippen molar-refractivity contribution in [1.29, 1.82) is 0 Å². The fraction of sp³-hybridized carbons (Fsp3) is 0.429. The highest BCUT2D eigenvalue weighted by atomic mass is 16.6. The van der Waals surface area contributed by atoms with Crippen molar-refractivity contribution < 1.29 is 14.4 Å². The van der Waals surface area contributed by atoms with Crippen LogP contribution in [0.2, 0.25) is 0 Å². The predicted octanol–water partition coefficient (Wildman–Crippen LogP) is 2.61. The quantitative estimate of drug-likeness (QED) is 0.393. The third-order valence-corrected chi connectivity index (χ3v) is 2.35. The molecule has 0 aliphatic heterocycles. The lowest BCUT2D eigenvalue weighted by molar-refractivity contribution is 0.171. The van der Waals surface area contributed by atoms with Gasteiger partial charge in [0.2, 0.25) is 0 Å². The molecule has 0 aliphatic carbocycles. The van der Waals surface area contributed by atoms with Gasteiger partial charge in [0.1, 0.15) is 29.4 Å². The first-order chi connectivity index (χ1) is 8.77. The van der Waals surface area contributed by atoms with Crippen LogP contribution in [0, 0.1) is 12.3 Å². The molecule has 1 rings (SSSR count). The van der Waals surface area contributed by atoms with E-state index in [1.165, 1.54) is 6.07 Å². The highest BCUT2D eigenvalue weighted by Crippen LogP contribution is 2.26. The minimum absolute atomic E-state index is 0.0298. The molecule has 1 heterocycles. The van der Waals surface area contributed by atoms with Gasteiger partial charge in [0.05, 0.1) is 0 Å². The van der Waals surface area contributed by atoms with Crippen molar-refractivity contribution in [2.75, 3.05) is 6.61 Å². The standard InChI is InChI=1S/C14H19NO4/c1-6-7-18-15-12(14(3,4)5)11-10(16)8-9(2)19-13(11)17/h6,8,16H,1,7H2,2-5H3. The zero-order chi connectivity index (χ0) is 14.6. The molecule has 0 aliphatic rings. The van der Waals surface area contributed by atoms with Gasteiger partial charge in [-0.15, -0.1) is 0 Å². The maximum Gasteiger partial charge on any atom is 0.349 e. The molecule has 0 spiro atoms. The molecule has 0 saturated carbocycles. The van der Waals surface area contributed by atoms with Crippen molar-refractivity contribution in [3.63, 3.8) is 0 Å². The summed E-state index contributed by atoms with van der Waals surface area (Å²) in [4.78, 5) is 16.9. The summed E-state index contributed by atoms with van der Waals surface area (Å²) in [6.45, 7) is 10.9. The van der Waals surface area contributed by atoms with Gasteiger partial charge in [-0.05, 0) is 6.92 Å². The van der Waals surface area contributed by atoms with Gasteiger partial charge in [-0.3, -0.25) is 0 Å². The van der Waals surface area contributed by atoms with Crippen LogP contribution in [-0.4, -0.2) is 17.4 Å². The van der Waals surface area contributed by atoms with E-state index < -0.39 is 11.0 Å². The average molecular weight is 265 g/mol. The van der Waals surface area contributed by atoms with Crippen LogP contribution in [0.1, 0.15) is 32.1 Å². The summed E-state index contributed by atoms with van der Waals surface area (Å²) in [6.07, 6.45) is 1.54. The zero-order valence-corrected chi connectivity index (χ0v) is 11.7. The summed E-state index contributed by atoms with van der Waals surface area (Å²) in [6, 6.07) is 1.38. The van der Waals surface area contributed by atoms with E-state index in [9.17, 15) is 9.90 Å². The van der Waals surface area contributed by atoms with E-state index in [2.05, 4.69) is 11.7 Å². The molecule has 19 heavy (non-hydrogen) atoms. The molecular formula is C14H19NO4. The molecule has 0 amide bonds. The lowest BCUT2D eigenvalue weighted by atomic mass is 9.86. The monoisotopic (exact) mass is 265 g/mol. The number of nitrogens with zero attached hydrogens (tertiary/aromatic N) is 1. The summed E-state index contributed by atoms with van der Waals surface area (Å²) in [5.74, 6) is 0.177. The van der Waals surface area contributed by atoms with Crippen molar-refractivity contribution in [1.82, 2.24) is 0 Å². The van der Waals surface area contributed by atoms with Crippen LogP contribution >= 0.6 is 0 Å². The summed E-state index contributed by atoms with van der Waals surface area (Å²) >= 11 is 0. The molecular weight excluding hydrogens is 246 g/mol. The van der Waals surface area contributed by atoms with Gasteiger partial charge in [0, 0.05) is 11.5 Å². The van der Waals surface area contributed by atoms with E-state index in [1.807, 2.05) is 20.8 Å². The fourth-order valence-electron chi connectivity index (χ4n) is 1.53. The van der Waals surface area contributed by atoms with Crippen LogP contribution in [0.3, 0.4) is 0 Å². The molecule has 0 saturated heterocycles. The lowest BCUT2D eigenvalue weighted by Crippen LogP contribution is -2.27. The minimum atomic E-state index is -0.631. The van der Waals surface area contributed by atoms with Gasteiger partial charge >= 0.3 is 5.63 Å². The second-order valence-electron chi connectivity index (χ2n) is 5.18. The van der Waals surface area contributed by atoms with Gasteiger partial charge in [0.15, 0.2) is 0 Å². The number of hydrogen-bond donors (Lipinski definition) is 1. The van der Waals surface area contributed by atoms with Crippen molar-refractivity contribution in [3.8, 4) is 5.75 Å². The van der Waals surface area contributed by atoms with Crippen LogP contribution in [0.5, 0.6) is 5.75 Å². The zero-order valence-electron chi connectivity index (χ0n) is 11.7. The topological polar surface area (TPSA) is 72.0 Å². The Hall–Kier alpha value is -2.04. The Morgan fingerprint density at radius 1 is 1.58 bits per heavy atom. The number of oxime groups is 1. The predicted molar refractivity (Wildman–Crippen MR) is 73.5 cm³/mol. The Morgan fingerprint density at radius 2 is 2.21 bits per heavy atom. The van der Waals surface area contributed by atoms with Gasteiger partial charge in [-0.2, -0.15) is 0 Å². The van der Waals surface area contributed by atoms with E-state index in [0.29, 0.717) is 11.5 Å². The largest absolute Gasteiger partial charge is 0.507 e. The average Bonchev–Trinajstić information content (AvgIpc) is 2.24. The lowest BCUT2D eigenvalue weighted by Gasteiger charge is -2.20. The number of aromatic hydroxyl groups is 1. The highest BCUT2D eigenvalue weighted by molar-refractivity contribution is 6.05. The third-order valence-electron chi connectivity index (χ3n) is 2.35. The van der Waals surface area contributed by atoms with E-state index >= 15 is 0 Å². The summed E-state index contributed by atoms with van der Waals surface area (Å²) < 4.78 is 5.00. The molecule has 0 atom stereocenters. The van der Waals surface area contributed by atoms with E-state index in [4.69, 9.17) is 9.25 Å². The van der Waals surface area contributed by atoms with Crippen molar-refractivity contribution in [3.05, 3.63) is 40.5 Å². The molecule has 1 N–H and O–H groups in total. The second-order valence-corrected chi connectivity index (χ2v) is 5.18. The van der Waals surface area contributed by atoms with Crippen LogP contribution in [0.4, 0.5) is 0 Å². The summed E-state index contributed by atoms with van der Waals surface area (Å²) in [7, 11) is 0. The Bertz CT molecular complexity index is 550. The van der Waals surface area contributed by atoms with Gasteiger partial charge < -0.3 is 14.4 Å². The molecule has 0 radical (unpaired) electrons. The molecule has 0 fully saturated rings. The SMILES string of the molecule is C=CCON=C(c1c(O)cc(C)oc1=O)C(C)(C)C. The normalized spacial score (nSPS) is 12.3. The number of aryl methyl sites for hydroxylation is 1. The van der Waals surface area contributed by atoms with Gasteiger partial charge in [-0.1, -0.05) is 38.6 Å². The van der Waals surface area contributed by atoms with Crippen LogP contribution in [-0.2, 0) is 4.84 Å². The van der Waals surface area contributed by atoms with Crippen molar-refractivity contribution in [2.45, 2.75) is 27.7 Å². The molecule has 0 aromatic carbocycles. The van der Waals surface area contributed by atoms with E-state index in [1.54, 1.807) is 13.0 Å². The highest BCUT2D eigenvalue weighted by Gasteiger charge is 2.28. The van der Waals surface area contributed by atoms with Gasteiger partial charge in [-0.25, -0.2) is 4.79 Å². The fourth-order valence-corrected chi connectivity index (χ4v) is 1.53. The second kappa shape index (κ2) is 5.73. The molecule has 1 aromatic rings. The number of rotatable bonds is 4. The van der Waals surface area contributed by atoms with E-state index in [-0.39, 0.29) is 17.9 Å². The Kier molecular flexibility index (Phi) is 4.53. The van der Waals surface area contributed by atoms with Gasteiger partial charge in [0.25, 0.3) is 0 Å². The first-order valence-electron chi connectivity index (χ1n) is 5.92. The molecule has 5 nitrogen and oxygen atoms in total. The molecule has 0 bridgehead atoms. The first-order valence-corrected chi connectivity index (χ1v) is 5.92. The molecule has 104 valence electrons. The Morgan fingerprint density at radius 3 is 2.68 bits per heavy atom. The maximum atomic E-state index is 11.9. The van der Waals surface area contributed by atoms with Crippen LogP contribution in [0.25, 0.3) is 0 Å². The minimum Gasteiger partial charge on any atom is -0.507 e. The molecule has 5 heteroatoms. The first kappa shape index (κ1) is 15.0. The van der Waals surface area contributed by atoms with Crippen molar-refractivity contribution >= 4 is 5.71 Å². The van der Waals surface area contributed by atoms with Crippen LogP contribution in [0.15, 0.2) is 33.1 Å². The summed E-state index contributed by atoms with van der Waals surface area (Å²) in [5, 5.41) is 13.9. The smallest absolute Gasteiger partial charge is 0.349 e. The molecule has 0 unspecified atom stereocenters. The Labute approximate surface area is 112 Å². The van der Waals surface area contributed by atoms with Crippen molar-refractivity contribution in [2.24, 2.45) is 10.6 Å². The molecule has 1 aromatic heterocycles. The van der Waals surface area contributed by atoms with E-state index in [0.717, 1.165) is 0 Å². The Balaban J connectivity index is 3.38. The maximum absolute atomic E-state index is 11.9. The summed E-state index contributed by atoms with van der Waals surface area (Å²) in [5.41, 5.74) is -0.751. The number of hydrogen-bond acceptors (Lipinski definition) is 5.